The highest BCUT2D eigenvalue weighted by Gasteiger charge is 2.40. The van der Waals surface area contributed by atoms with E-state index in [9.17, 15) is 0 Å². The summed E-state index contributed by atoms with van der Waals surface area (Å²) in [5.41, 5.74) is 4.99. The van der Waals surface area contributed by atoms with Crippen LogP contribution in [0, 0.1) is 0 Å². The van der Waals surface area contributed by atoms with Gasteiger partial charge in [-0.1, -0.05) is 48.7 Å². The first-order chi connectivity index (χ1) is 20.5. The molecule has 0 N–H and O–H groups in total. The van der Waals surface area contributed by atoms with E-state index in [1.54, 1.807) is 39.8 Å². The molecule has 222 valence electrons. The van der Waals surface area contributed by atoms with Gasteiger partial charge in [0.1, 0.15) is 0 Å². The van der Waals surface area contributed by atoms with Gasteiger partial charge in [0.25, 0.3) is 0 Å². The molecule has 0 atom stereocenters. The number of benzene rings is 3. The molecule has 1 aliphatic carbocycles. The lowest BCUT2D eigenvalue weighted by Gasteiger charge is -2.31. The van der Waals surface area contributed by atoms with Crippen molar-refractivity contribution in [3.05, 3.63) is 98.3 Å². The molecule has 1 aromatic heterocycles. The number of ether oxygens (including phenoxy) is 4. The first-order valence-electron chi connectivity index (χ1n) is 14.4. The molecule has 5 rings (SSSR count). The van der Waals surface area contributed by atoms with Gasteiger partial charge < -0.3 is 23.5 Å². The molecule has 6 nitrogen and oxygen atoms in total. The van der Waals surface area contributed by atoms with E-state index < -0.39 is 0 Å². The number of halogens is 1. The van der Waals surface area contributed by atoms with Gasteiger partial charge in [0, 0.05) is 34.6 Å². The van der Waals surface area contributed by atoms with Crippen molar-refractivity contribution >= 4 is 22.9 Å². The normalized spacial score (nSPS) is 14.6. The number of aromatic nitrogens is 1. The minimum absolute atomic E-state index is 0.0458. The summed E-state index contributed by atoms with van der Waals surface area (Å²) in [6, 6.07) is 20.7. The second-order valence-corrected chi connectivity index (χ2v) is 11.9. The molecular weight excluding hydrogens is 568 g/mol. The van der Waals surface area contributed by atoms with Crippen LogP contribution < -0.4 is 23.7 Å². The number of nitrogens with zero attached hydrogens (tertiary/aromatic N) is 2. The Morgan fingerprint density at radius 2 is 1.33 bits per heavy atom. The lowest BCUT2D eigenvalue weighted by molar-refractivity contribution is 0.354. The van der Waals surface area contributed by atoms with Crippen molar-refractivity contribution in [1.82, 2.24) is 4.57 Å². The van der Waals surface area contributed by atoms with Gasteiger partial charge in [-0.25, -0.2) is 0 Å². The third-order valence-corrected chi connectivity index (χ3v) is 9.46. The van der Waals surface area contributed by atoms with Gasteiger partial charge in [0.2, 0.25) is 0 Å². The van der Waals surface area contributed by atoms with Crippen molar-refractivity contribution in [3.63, 3.8) is 0 Å². The van der Waals surface area contributed by atoms with Crippen LogP contribution in [0.4, 0.5) is 0 Å². The zero-order valence-electron chi connectivity index (χ0n) is 24.8. The smallest absolute Gasteiger partial charge is 0.184 e. The Hall–Kier alpha value is -3.42. The van der Waals surface area contributed by atoms with Crippen LogP contribution in [0.1, 0.15) is 48.1 Å². The fraction of sp³-hybridized carbons (Fsp3) is 0.382. The van der Waals surface area contributed by atoms with Crippen LogP contribution in [-0.4, -0.2) is 39.6 Å². The summed E-state index contributed by atoms with van der Waals surface area (Å²) in [7, 11) is 6.67. The Kier molecular flexibility index (Phi) is 9.80. The number of thiazole rings is 1. The third kappa shape index (κ3) is 6.32. The topological polar surface area (TPSA) is 54.2 Å². The van der Waals surface area contributed by atoms with E-state index in [1.165, 1.54) is 35.2 Å². The van der Waals surface area contributed by atoms with Gasteiger partial charge in [0.05, 0.1) is 28.4 Å². The number of methoxy groups -OCH3 is 4. The molecule has 1 aliphatic rings. The molecular formula is C34H39ClN2O4S. The average Bonchev–Trinajstić information content (AvgIpc) is 3.68. The van der Waals surface area contributed by atoms with Crippen LogP contribution in [0.25, 0.3) is 0 Å². The zero-order chi connectivity index (χ0) is 29.5. The van der Waals surface area contributed by atoms with Crippen molar-refractivity contribution in [2.24, 2.45) is 4.99 Å². The minimum Gasteiger partial charge on any atom is -0.493 e. The standard InChI is InChI=1S/C34H39ClN2O4S/c1-38-28-13-7-24(21-30(28)40-3)15-19-36-33-37(20-16-25-8-14-29(39-2)31(22-25)41-4)32(23-42-33)34(17-5-6-18-34)26-9-11-27(35)12-10-26/h7-14,21-23H,5-6,15-20H2,1-4H3. The zero-order valence-corrected chi connectivity index (χ0v) is 26.4. The molecule has 1 saturated carbocycles. The van der Waals surface area contributed by atoms with E-state index in [0.29, 0.717) is 6.54 Å². The summed E-state index contributed by atoms with van der Waals surface area (Å²) in [4.78, 5) is 6.19. The first kappa shape index (κ1) is 30.1. The summed E-state index contributed by atoms with van der Waals surface area (Å²) in [6.45, 7) is 1.50. The maximum Gasteiger partial charge on any atom is 0.184 e. The average molecular weight is 607 g/mol. The van der Waals surface area contributed by atoms with Crippen LogP contribution in [-0.2, 0) is 24.8 Å². The van der Waals surface area contributed by atoms with E-state index in [4.69, 9.17) is 35.5 Å². The third-order valence-electron chi connectivity index (χ3n) is 8.31. The Morgan fingerprint density at radius 1 is 0.762 bits per heavy atom. The Bertz CT molecular complexity index is 1550. The predicted octanol–water partition coefficient (Wildman–Crippen LogP) is 7.48. The highest BCUT2D eigenvalue weighted by molar-refractivity contribution is 7.07. The highest BCUT2D eigenvalue weighted by atomic mass is 35.5. The summed E-state index contributed by atoms with van der Waals surface area (Å²) in [6.07, 6.45) is 6.31. The fourth-order valence-electron chi connectivity index (χ4n) is 6.08. The summed E-state index contributed by atoms with van der Waals surface area (Å²) in [5.74, 6) is 2.96. The van der Waals surface area contributed by atoms with Gasteiger partial charge in [0.15, 0.2) is 27.8 Å². The molecule has 42 heavy (non-hydrogen) atoms. The van der Waals surface area contributed by atoms with E-state index in [1.807, 2.05) is 30.3 Å². The minimum atomic E-state index is -0.0458. The number of hydrogen-bond donors (Lipinski definition) is 0. The first-order valence-corrected chi connectivity index (χ1v) is 15.6. The lowest BCUT2D eigenvalue weighted by atomic mass is 9.76. The molecule has 4 aromatic rings. The summed E-state index contributed by atoms with van der Waals surface area (Å²) >= 11 is 8.04. The van der Waals surface area contributed by atoms with Crippen molar-refractivity contribution in [1.29, 1.82) is 0 Å². The van der Waals surface area contributed by atoms with Crippen molar-refractivity contribution in [3.8, 4) is 23.0 Å². The lowest BCUT2D eigenvalue weighted by Crippen LogP contribution is -2.31. The molecule has 3 aromatic carbocycles. The van der Waals surface area contributed by atoms with Crippen molar-refractivity contribution < 1.29 is 18.9 Å². The van der Waals surface area contributed by atoms with Crippen molar-refractivity contribution in [2.45, 2.75) is 50.5 Å². The second-order valence-electron chi connectivity index (χ2n) is 10.6. The van der Waals surface area contributed by atoms with Crippen LogP contribution in [0.2, 0.25) is 5.02 Å². The SMILES string of the molecule is COc1ccc(CCN=c2scc(C3(c4ccc(Cl)cc4)CCCC3)n2CCc2ccc(OC)c(OC)c2)cc1OC. The van der Waals surface area contributed by atoms with Gasteiger partial charge in [-0.15, -0.1) is 11.3 Å². The molecule has 1 heterocycles. The maximum atomic E-state index is 6.30. The van der Waals surface area contributed by atoms with E-state index in [0.717, 1.165) is 65.1 Å². The molecule has 0 spiro atoms. The Morgan fingerprint density at radius 3 is 1.90 bits per heavy atom. The highest BCUT2D eigenvalue weighted by Crippen LogP contribution is 2.47. The second kappa shape index (κ2) is 13.7. The van der Waals surface area contributed by atoms with Crippen LogP contribution >= 0.6 is 22.9 Å². The van der Waals surface area contributed by atoms with Gasteiger partial charge in [-0.3, -0.25) is 4.99 Å². The van der Waals surface area contributed by atoms with Crippen LogP contribution in [0.5, 0.6) is 23.0 Å². The summed E-state index contributed by atoms with van der Waals surface area (Å²) < 4.78 is 24.4. The molecule has 8 heteroatoms. The molecule has 0 radical (unpaired) electrons. The molecule has 0 unspecified atom stereocenters. The van der Waals surface area contributed by atoms with Gasteiger partial charge in [-0.05, 0) is 78.8 Å². The van der Waals surface area contributed by atoms with Crippen molar-refractivity contribution in [2.75, 3.05) is 35.0 Å². The predicted molar refractivity (Wildman–Crippen MR) is 170 cm³/mol. The van der Waals surface area contributed by atoms with Gasteiger partial charge >= 0.3 is 0 Å². The number of rotatable bonds is 12. The Balaban J connectivity index is 1.49. The van der Waals surface area contributed by atoms with E-state index in [-0.39, 0.29) is 5.41 Å². The number of aryl methyl sites for hydroxylation is 1. The summed E-state index contributed by atoms with van der Waals surface area (Å²) in [5, 5.41) is 3.11. The maximum absolute atomic E-state index is 6.30. The fourth-order valence-corrected chi connectivity index (χ4v) is 7.26. The largest absolute Gasteiger partial charge is 0.493 e. The molecule has 0 amide bonds. The van der Waals surface area contributed by atoms with E-state index in [2.05, 4.69) is 40.3 Å². The van der Waals surface area contributed by atoms with Gasteiger partial charge in [-0.2, -0.15) is 0 Å². The van der Waals surface area contributed by atoms with E-state index >= 15 is 0 Å². The van der Waals surface area contributed by atoms with Crippen LogP contribution in [0.15, 0.2) is 71.0 Å². The molecule has 0 saturated heterocycles. The molecule has 0 bridgehead atoms. The number of hydrogen-bond acceptors (Lipinski definition) is 6. The molecule has 0 aliphatic heterocycles. The quantitative estimate of drug-likeness (QED) is 0.168. The Labute approximate surface area is 257 Å². The van der Waals surface area contributed by atoms with Crippen LogP contribution in [0.3, 0.4) is 0 Å². The molecule has 1 fully saturated rings. The monoisotopic (exact) mass is 606 g/mol.